The summed E-state index contributed by atoms with van der Waals surface area (Å²) < 4.78 is 5.79. The molecule has 0 aromatic heterocycles. The minimum atomic E-state index is -0.0848. The molecule has 14 heavy (non-hydrogen) atoms. The Labute approximate surface area is 88.4 Å². The van der Waals surface area contributed by atoms with E-state index < -0.39 is 0 Å². The molecule has 0 radical (unpaired) electrons. The van der Waals surface area contributed by atoms with Gasteiger partial charge in [-0.3, -0.25) is 0 Å². The number of rotatable bonds is 7. The normalized spacial score (nSPS) is 13.3. The maximum absolute atomic E-state index is 5.79. The van der Waals surface area contributed by atoms with Crippen LogP contribution in [0.2, 0.25) is 0 Å². The second-order valence-corrected chi connectivity index (χ2v) is 5.03. The highest BCUT2D eigenvalue weighted by Crippen LogP contribution is 2.16. The van der Waals surface area contributed by atoms with Crippen molar-refractivity contribution in [3.63, 3.8) is 0 Å². The highest BCUT2D eigenvalue weighted by Gasteiger charge is 2.20. The second kappa shape index (κ2) is 5.69. The molecule has 86 valence electrons. The van der Waals surface area contributed by atoms with E-state index in [4.69, 9.17) is 10.5 Å². The molecule has 0 bridgehead atoms. The van der Waals surface area contributed by atoms with Gasteiger partial charge in [-0.05, 0) is 54.1 Å². The number of ether oxygens (including phenoxy) is 1. The highest BCUT2D eigenvalue weighted by molar-refractivity contribution is 4.76. The van der Waals surface area contributed by atoms with Crippen LogP contribution in [-0.2, 0) is 4.74 Å². The zero-order valence-electron chi connectivity index (χ0n) is 10.3. The van der Waals surface area contributed by atoms with Gasteiger partial charge in [0.1, 0.15) is 0 Å². The van der Waals surface area contributed by atoms with Crippen LogP contribution in [0.15, 0.2) is 0 Å². The predicted octanol–water partition coefficient (Wildman–Crippen LogP) is 1.52. The van der Waals surface area contributed by atoms with E-state index in [9.17, 15) is 0 Å². The largest absolute Gasteiger partial charge is 0.375 e. The van der Waals surface area contributed by atoms with Crippen molar-refractivity contribution >= 4 is 0 Å². The van der Waals surface area contributed by atoms with E-state index in [0.29, 0.717) is 6.54 Å². The van der Waals surface area contributed by atoms with Gasteiger partial charge < -0.3 is 15.8 Å². The number of nitrogens with one attached hydrogen (secondary N) is 1. The van der Waals surface area contributed by atoms with Crippen molar-refractivity contribution < 1.29 is 4.74 Å². The molecule has 0 aliphatic carbocycles. The molecule has 0 aromatic rings. The molecule has 0 unspecified atom stereocenters. The average Bonchev–Trinajstić information content (AvgIpc) is 2.03. The fourth-order valence-electron chi connectivity index (χ4n) is 1.13. The maximum Gasteiger partial charge on any atom is 0.0638 e. The molecule has 0 rings (SSSR count). The first-order valence-corrected chi connectivity index (χ1v) is 5.36. The summed E-state index contributed by atoms with van der Waals surface area (Å²) >= 11 is 0. The molecule has 0 fully saturated rings. The van der Waals surface area contributed by atoms with E-state index in [-0.39, 0.29) is 11.1 Å². The number of nitrogens with two attached hydrogens (primary N) is 1. The summed E-state index contributed by atoms with van der Waals surface area (Å²) in [5.41, 5.74) is 5.57. The van der Waals surface area contributed by atoms with Crippen LogP contribution in [-0.4, -0.2) is 31.3 Å². The molecule has 3 nitrogen and oxygen atoms in total. The lowest BCUT2D eigenvalue weighted by atomic mass is 10.0. The molecule has 3 heteroatoms. The lowest BCUT2D eigenvalue weighted by Gasteiger charge is -2.29. The molecule has 0 heterocycles. The smallest absolute Gasteiger partial charge is 0.0638 e. The van der Waals surface area contributed by atoms with Crippen molar-refractivity contribution in [2.45, 2.75) is 51.7 Å². The summed E-state index contributed by atoms with van der Waals surface area (Å²) in [6, 6.07) is 0. The Kier molecular flexibility index (Phi) is 5.64. The maximum atomic E-state index is 5.79. The van der Waals surface area contributed by atoms with Crippen molar-refractivity contribution in [2.75, 3.05) is 20.2 Å². The van der Waals surface area contributed by atoms with Crippen LogP contribution >= 0.6 is 0 Å². The first kappa shape index (κ1) is 13.9. The summed E-state index contributed by atoms with van der Waals surface area (Å²) in [7, 11) is 1.98. The molecule has 0 aromatic carbocycles. The first-order valence-electron chi connectivity index (χ1n) is 5.36. The molecular formula is C11H26N2O. The van der Waals surface area contributed by atoms with Crippen molar-refractivity contribution in [2.24, 2.45) is 5.73 Å². The molecule has 3 N–H and O–H groups in total. The minimum Gasteiger partial charge on any atom is -0.375 e. The molecule has 0 amide bonds. The van der Waals surface area contributed by atoms with Gasteiger partial charge in [-0.25, -0.2) is 0 Å². The zero-order chi connectivity index (χ0) is 11.2. The monoisotopic (exact) mass is 202 g/mol. The molecule has 0 aliphatic heterocycles. The Morgan fingerprint density at radius 2 is 1.71 bits per heavy atom. The van der Waals surface area contributed by atoms with Gasteiger partial charge in [0, 0.05) is 12.1 Å². The van der Waals surface area contributed by atoms with Gasteiger partial charge in [-0.15, -0.1) is 0 Å². The Morgan fingerprint density at radius 1 is 1.14 bits per heavy atom. The quantitative estimate of drug-likeness (QED) is 0.658. The van der Waals surface area contributed by atoms with Crippen LogP contribution in [0.1, 0.15) is 40.5 Å². The molecule has 0 saturated carbocycles. The van der Waals surface area contributed by atoms with Gasteiger partial charge in [0.25, 0.3) is 0 Å². The highest BCUT2D eigenvalue weighted by atomic mass is 16.5. The van der Waals surface area contributed by atoms with E-state index in [1.165, 1.54) is 0 Å². The van der Waals surface area contributed by atoms with Gasteiger partial charge >= 0.3 is 0 Å². The van der Waals surface area contributed by atoms with Crippen molar-refractivity contribution in [3.05, 3.63) is 0 Å². The third-order valence-corrected chi connectivity index (χ3v) is 2.64. The van der Waals surface area contributed by atoms with Gasteiger partial charge in [0.15, 0.2) is 0 Å². The van der Waals surface area contributed by atoms with E-state index in [1.807, 2.05) is 7.05 Å². The zero-order valence-corrected chi connectivity index (χ0v) is 10.3. The van der Waals surface area contributed by atoms with Crippen LogP contribution in [0.5, 0.6) is 0 Å². The van der Waals surface area contributed by atoms with Crippen molar-refractivity contribution in [3.8, 4) is 0 Å². The topological polar surface area (TPSA) is 47.3 Å². The van der Waals surface area contributed by atoms with Crippen LogP contribution in [0.4, 0.5) is 0 Å². The summed E-state index contributed by atoms with van der Waals surface area (Å²) in [6.45, 7) is 9.99. The summed E-state index contributed by atoms with van der Waals surface area (Å²) in [6.07, 6.45) is 1.92. The van der Waals surface area contributed by atoms with Crippen molar-refractivity contribution in [1.82, 2.24) is 5.32 Å². The SMILES string of the molecule is CNC(C)(C)CCOC(C)(C)CCN. The van der Waals surface area contributed by atoms with Gasteiger partial charge in [-0.2, -0.15) is 0 Å². The average molecular weight is 202 g/mol. The van der Waals surface area contributed by atoms with Gasteiger partial charge in [-0.1, -0.05) is 0 Å². The fourth-order valence-corrected chi connectivity index (χ4v) is 1.13. The molecular weight excluding hydrogens is 176 g/mol. The molecule has 0 atom stereocenters. The minimum absolute atomic E-state index is 0.0848. The number of hydrogen-bond acceptors (Lipinski definition) is 3. The lowest BCUT2D eigenvalue weighted by Crippen LogP contribution is -2.38. The van der Waals surface area contributed by atoms with E-state index in [0.717, 1.165) is 19.4 Å². The number of hydrogen-bond donors (Lipinski definition) is 2. The Morgan fingerprint density at radius 3 is 2.14 bits per heavy atom. The standard InChI is InChI=1S/C11H26N2O/c1-10(2,13-5)7-9-14-11(3,4)6-8-12/h13H,6-9,12H2,1-5H3. The van der Waals surface area contributed by atoms with E-state index in [1.54, 1.807) is 0 Å². The third-order valence-electron chi connectivity index (χ3n) is 2.64. The van der Waals surface area contributed by atoms with Crippen LogP contribution < -0.4 is 11.1 Å². The summed E-state index contributed by atoms with van der Waals surface area (Å²) in [4.78, 5) is 0. The lowest BCUT2D eigenvalue weighted by molar-refractivity contribution is -0.0287. The first-order chi connectivity index (χ1) is 6.33. The third kappa shape index (κ3) is 6.35. The van der Waals surface area contributed by atoms with Crippen LogP contribution in [0.25, 0.3) is 0 Å². The Balaban J connectivity index is 3.73. The molecule has 0 spiro atoms. The Bertz CT molecular complexity index is 155. The second-order valence-electron chi connectivity index (χ2n) is 5.03. The molecule has 0 aliphatic rings. The predicted molar refractivity (Wildman–Crippen MR) is 61.5 cm³/mol. The fraction of sp³-hybridized carbons (Fsp3) is 1.00. The van der Waals surface area contributed by atoms with Gasteiger partial charge in [0.2, 0.25) is 0 Å². The van der Waals surface area contributed by atoms with E-state index in [2.05, 4.69) is 33.0 Å². The van der Waals surface area contributed by atoms with Gasteiger partial charge in [0.05, 0.1) is 5.60 Å². The van der Waals surface area contributed by atoms with Crippen LogP contribution in [0.3, 0.4) is 0 Å². The summed E-state index contributed by atoms with van der Waals surface area (Å²) in [5, 5.41) is 3.25. The molecule has 0 saturated heterocycles. The Hall–Kier alpha value is -0.120. The van der Waals surface area contributed by atoms with E-state index >= 15 is 0 Å². The summed E-state index contributed by atoms with van der Waals surface area (Å²) in [5.74, 6) is 0. The van der Waals surface area contributed by atoms with Crippen LogP contribution in [0, 0.1) is 0 Å². The van der Waals surface area contributed by atoms with Crippen molar-refractivity contribution in [1.29, 1.82) is 0 Å².